The summed E-state index contributed by atoms with van der Waals surface area (Å²) in [6.07, 6.45) is -2.64. The molecular weight excluding hydrogens is 223 g/mol. The fourth-order valence-corrected chi connectivity index (χ4v) is 1.27. The molecule has 0 saturated carbocycles. The molecule has 0 fully saturated rings. The number of ether oxygens (including phenoxy) is 1. The smallest absolute Gasteiger partial charge is 0.272 e. The third kappa shape index (κ3) is 2.88. The Morgan fingerprint density at radius 3 is 2.56 bits per heavy atom. The van der Waals surface area contributed by atoms with Crippen molar-refractivity contribution >= 4 is 5.91 Å². The first kappa shape index (κ1) is 12.4. The van der Waals surface area contributed by atoms with Crippen LogP contribution in [-0.2, 0) is 0 Å². The van der Waals surface area contributed by atoms with E-state index in [4.69, 9.17) is 5.73 Å². The molecule has 0 aliphatic heterocycles. The van der Waals surface area contributed by atoms with Crippen LogP contribution in [-0.4, -0.2) is 18.9 Å². The van der Waals surface area contributed by atoms with Crippen molar-refractivity contribution in [3.63, 3.8) is 0 Å². The van der Waals surface area contributed by atoms with Gasteiger partial charge in [-0.15, -0.1) is 0 Å². The van der Waals surface area contributed by atoms with Crippen LogP contribution in [0.1, 0.15) is 15.9 Å². The van der Waals surface area contributed by atoms with Gasteiger partial charge in [0.1, 0.15) is 18.2 Å². The molecule has 0 spiro atoms. The molecule has 0 atom stereocenters. The lowest BCUT2D eigenvalue weighted by Gasteiger charge is -2.09. The summed E-state index contributed by atoms with van der Waals surface area (Å²) < 4.78 is 41.6. The number of rotatable bonds is 4. The van der Waals surface area contributed by atoms with E-state index in [1.807, 2.05) is 0 Å². The monoisotopic (exact) mass is 233 g/mol. The van der Waals surface area contributed by atoms with Crippen molar-refractivity contribution in [1.29, 1.82) is 0 Å². The normalized spacial score (nSPS) is 10.6. The minimum Gasteiger partial charge on any atom is -0.488 e. The van der Waals surface area contributed by atoms with Crippen molar-refractivity contribution in [3.8, 4) is 5.75 Å². The molecule has 0 unspecified atom stereocenters. The maximum absolute atomic E-state index is 13.3. The Kier molecular flexibility index (Phi) is 3.76. The first-order valence-corrected chi connectivity index (χ1v) is 4.42. The van der Waals surface area contributed by atoms with Crippen LogP contribution < -0.4 is 10.5 Å². The van der Waals surface area contributed by atoms with Gasteiger partial charge in [-0.2, -0.15) is 0 Å². The van der Waals surface area contributed by atoms with Crippen molar-refractivity contribution < 1.29 is 22.7 Å². The second-order valence-electron chi connectivity index (χ2n) is 3.16. The van der Waals surface area contributed by atoms with E-state index < -0.39 is 24.8 Å². The molecule has 88 valence electrons. The van der Waals surface area contributed by atoms with Crippen molar-refractivity contribution in [2.45, 2.75) is 13.3 Å². The maximum atomic E-state index is 13.3. The van der Waals surface area contributed by atoms with Crippen LogP contribution in [0.2, 0.25) is 0 Å². The van der Waals surface area contributed by atoms with Crippen molar-refractivity contribution in [1.82, 2.24) is 0 Å². The first-order valence-electron chi connectivity index (χ1n) is 4.42. The van der Waals surface area contributed by atoms with E-state index in [9.17, 15) is 18.0 Å². The molecule has 1 aromatic carbocycles. The second-order valence-corrected chi connectivity index (χ2v) is 3.16. The van der Waals surface area contributed by atoms with E-state index in [-0.39, 0.29) is 16.9 Å². The van der Waals surface area contributed by atoms with Gasteiger partial charge < -0.3 is 10.5 Å². The van der Waals surface area contributed by atoms with Gasteiger partial charge in [0, 0.05) is 6.07 Å². The average molecular weight is 233 g/mol. The fraction of sp³-hybridized carbons (Fsp3) is 0.300. The van der Waals surface area contributed by atoms with Gasteiger partial charge in [0.25, 0.3) is 12.3 Å². The summed E-state index contributed by atoms with van der Waals surface area (Å²) in [7, 11) is 0. The van der Waals surface area contributed by atoms with E-state index in [0.717, 1.165) is 6.07 Å². The highest BCUT2D eigenvalue weighted by Gasteiger charge is 2.14. The van der Waals surface area contributed by atoms with Gasteiger partial charge in [0.05, 0.1) is 5.56 Å². The highest BCUT2D eigenvalue weighted by molar-refractivity contribution is 5.94. The molecule has 3 nitrogen and oxygen atoms in total. The average Bonchev–Trinajstić information content (AvgIpc) is 2.12. The van der Waals surface area contributed by atoms with Crippen LogP contribution in [0.5, 0.6) is 5.75 Å². The zero-order valence-electron chi connectivity index (χ0n) is 8.47. The molecule has 0 saturated heterocycles. The lowest BCUT2D eigenvalue weighted by Crippen LogP contribution is -2.15. The summed E-state index contributed by atoms with van der Waals surface area (Å²) >= 11 is 0. The Labute approximate surface area is 90.0 Å². The van der Waals surface area contributed by atoms with Gasteiger partial charge in [-0.1, -0.05) is 0 Å². The van der Waals surface area contributed by atoms with Gasteiger partial charge in [-0.05, 0) is 18.6 Å². The Morgan fingerprint density at radius 1 is 1.50 bits per heavy atom. The van der Waals surface area contributed by atoms with Gasteiger partial charge >= 0.3 is 0 Å². The summed E-state index contributed by atoms with van der Waals surface area (Å²) in [4.78, 5) is 10.8. The Bertz CT molecular complexity index is 384. The minimum absolute atomic E-state index is 0.0553. The molecule has 1 rings (SSSR count). The lowest BCUT2D eigenvalue weighted by atomic mass is 10.1. The summed E-state index contributed by atoms with van der Waals surface area (Å²) in [6, 6.07) is 2.14. The lowest BCUT2D eigenvalue weighted by molar-refractivity contribution is 0.0816. The Balaban J connectivity index is 2.96. The van der Waals surface area contributed by atoms with Crippen LogP contribution in [0.4, 0.5) is 13.2 Å². The SMILES string of the molecule is Cc1cc(OCC(F)F)cc(F)c1C(N)=O. The number of carbonyl (C=O) groups excluding carboxylic acids is 1. The summed E-state index contributed by atoms with van der Waals surface area (Å²) in [5.41, 5.74) is 4.94. The summed E-state index contributed by atoms with van der Waals surface area (Å²) in [5.74, 6) is -1.84. The largest absolute Gasteiger partial charge is 0.488 e. The van der Waals surface area contributed by atoms with Gasteiger partial charge in [0.2, 0.25) is 0 Å². The predicted molar refractivity (Wildman–Crippen MR) is 51.2 cm³/mol. The van der Waals surface area contributed by atoms with Gasteiger partial charge in [0.15, 0.2) is 0 Å². The highest BCUT2D eigenvalue weighted by atomic mass is 19.3. The zero-order valence-corrected chi connectivity index (χ0v) is 8.47. The minimum atomic E-state index is -2.64. The van der Waals surface area contributed by atoms with E-state index in [1.165, 1.54) is 13.0 Å². The van der Waals surface area contributed by atoms with E-state index >= 15 is 0 Å². The summed E-state index contributed by atoms with van der Waals surface area (Å²) in [5, 5.41) is 0. The summed E-state index contributed by atoms with van der Waals surface area (Å²) in [6.45, 7) is 0.618. The number of hydrogen-bond acceptors (Lipinski definition) is 2. The Morgan fingerprint density at radius 2 is 2.12 bits per heavy atom. The Hall–Kier alpha value is -1.72. The molecule has 16 heavy (non-hydrogen) atoms. The number of halogens is 3. The number of primary amides is 1. The van der Waals surface area contributed by atoms with Crippen LogP contribution in [0, 0.1) is 12.7 Å². The van der Waals surface area contributed by atoms with Crippen LogP contribution in [0.15, 0.2) is 12.1 Å². The highest BCUT2D eigenvalue weighted by Crippen LogP contribution is 2.21. The fourth-order valence-electron chi connectivity index (χ4n) is 1.27. The number of alkyl halides is 2. The third-order valence-electron chi connectivity index (χ3n) is 1.88. The molecule has 1 aromatic rings. The van der Waals surface area contributed by atoms with Crippen molar-refractivity contribution in [2.24, 2.45) is 5.73 Å². The van der Waals surface area contributed by atoms with Crippen LogP contribution in [0.3, 0.4) is 0 Å². The second kappa shape index (κ2) is 4.87. The number of amides is 1. The predicted octanol–water partition coefficient (Wildman–Crippen LogP) is 1.88. The molecule has 0 radical (unpaired) electrons. The number of carbonyl (C=O) groups is 1. The standard InChI is InChI=1S/C10H10F3NO2/c1-5-2-6(16-4-8(12)13)3-7(11)9(5)10(14)15/h2-3,8H,4H2,1H3,(H2,14,15). The third-order valence-corrected chi connectivity index (χ3v) is 1.88. The molecular formula is C10H10F3NO2. The molecule has 1 amide bonds. The number of benzene rings is 1. The molecule has 0 bridgehead atoms. The quantitative estimate of drug-likeness (QED) is 0.863. The maximum Gasteiger partial charge on any atom is 0.272 e. The van der Waals surface area contributed by atoms with Crippen LogP contribution >= 0.6 is 0 Å². The first-order chi connectivity index (χ1) is 7.41. The molecule has 0 aliphatic rings. The number of hydrogen-bond donors (Lipinski definition) is 1. The molecule has 2 N–H and O–H groups in total. The van der Waals surface area contributed by atoms with E-state index in [0.29, 0.717) is 0 Å². The van der Waals surface area contributed by atoms with E-state index in [2.05, 4.69) is 4.74 Å². The topological polar surface area (TPSA) is 52.3 Å². The van der Waals surface area contributed by atoms with E-state index in [1.54, 1.807) is 0 Å². The van der Waals surface area contributed by atoms with Crippen LogP contribution in [0.25, 0.3) is 0 Å². The van der Waals surface area contributed by atoms with Gasteiger partial charge in [-0.25, -0.2) is 13.2 Å². The molecule has 0 heterocycles. The van der Waals surface area contributed by atoms with Gasteiger partial charge in [-0.3, -0.25) is 4.79 Å². The zero-order chi connectivity index (χ0) is 12.3. The number of aryl methyl sites for hydroxylation is 1. The molecule has 0 aromatic heterocycles. The van der Waals surface area contributed by atoms with Crippen molar-refractivity contribution in [2.75, 3.05) is 6.61 Å². The molecule has 0 aliphatic carbocycles. The molecule has 6 heteroatoms. The number of nitrogens with two attached hydrogens (primary N) is 1. The van der Waals surface area contributed by atoms with Crippen molar-refractivity contribution in [3.05, 3.63) is 29.1 Å².